The molecule has 2 N–H and O–H groups in total. The number of aryl methyl sites for hydroxylation is 1. The first-order chi connectivity index (χ1) is 10.1. The van der Waals surface area contributed by atoms with Crippen molar-refractivity contribution < 1.29 is 14.6 Å². The summed E-state index contributed by atoms with van der Waals surface area (Å²) in [6, 6.07) is 11.1. The molecule has 0 saturated heterocycles. The first-order valence-corrected chi connectivity index (χ1v) is 7.59. The van der Waals surface area contributed by atoms with Crippen molar-refractivity contribution in [3.63, 3.8) is 0 Å². The van der Waals surface area contributed by atoms with E-state index in [-0.39, 0.29) is 12.5 Å². The van der Waals surface area contributed by atoms with Gasteiger partial charge in [-0.3, -0.25) is 4.79 Å². The van der Waals surface area contributed by atoms with Crippen molar-refractivity contribution in [3.8, 4) is 5.75 Å². The van der Waals surface area contributed by atoms with Gasteiger partial charge < -0.3 is 15.2 Å². The third-order valence-corrected chi connectivity index (χ3v) is 4.00. The molecule has 1 aromatic heterocycles. The Morgan fingerprint density at radius 2 is 2.19 bits per heavy atom. The fourth-order valence-electron chi connectivity index (χ4n) is 1.87. The number of aliphatic hydroxyl groups is 1. The number of aliphatic hydroxyl groups excluding tert-OH is 1. The monoisotopic (exact) mass is 305 g/mol. The number of carbonyl (C=O) groups is 1. The van der Waals surface area contributed by atoms with Crippen molar-refractivity contribution in [2.45, 2.75) is 33.1 Å². The zero-order valence-electron chi connectivity index (χ0n) is 12.1. The summed E-state index contributed by atoms with van der Waals surface area (Å²) < 4.78 is 5.59. The average Bonchev–Trinajstić information content (AvgIpc) is 2.90. The summed E-state index contributed by atoms with van der Waals surface area (Å²) >= 11 is 1.67. The SMILES string of the molecule is Cc1ccc(CNC(=O)C(C)Oc2cccc(CO)c2)s1. The van der Waals surface area contributed by atoms with Crippen LogP contribution in [0, 0.1) is 6.92 Å². The molecule has 1 unspecified atom stereocenters. The van der Waals surface area contributed by atoms with Crippen LogP contribution in [0.1, 0.15) is 22.2 Å². The van der Waals surface area contributed by atoms with Crippen LogP contribution in [0.15, 0.2) is 36.4 Å². The highest BCUT2D eigenvalue weighted by molar-refractivity contribution is 7.11. The zero-order valence-corrected chi connectivity index (χ0v) is 12.9. The second-order valence-corrected chi connectivity index (χ2v) is 6.17. The Morgan fingerprint density at radius 3 is 2.86 bits per heavy atom. The molecule has 0 spiro atoms. The van der Waals surface area contributed by atoms with E-state index in [0.717, 1.165) is 10.4 Å². The summed E-state index contributed by atoms with van der Waals surface area (Å²) in [5.41, 5.74) is 0.758. The van der Waals surface area contributed by atoms with E-state index in [1.807, 2.05) is 19.1 Å². The van der Waals surface area contributed by atoms with Gasteiger partial charge in [0.25, 0.3) is 5.91 Å². The molecule has 1 heterocycles. The topological polar surface area (TPSA) is 58.6 Å². The van der Waals surface area contributed by atoms with Crippen molar-refractivity contribution >= 4 is 17.2 Å². The molecule has 1 atom stereocenters. The van der Waals surface area contributed by atoms with Gasteiger partial charge in [0.2, 0.25) is 0 Å². The maximum Gasteiger partial charge on any atom is 0.261 e. The molecule has 0 aliphatic rings. The Balaban J connectivity index is 1.87. The number of benzene rings is 1. The maximum absolute atomic E-state index is 12.0. The second-order valence-electron chi connectivity index (χ2n) is 4.80. The molecule has 0 saturated carbocycles. The number of rotatable bonds is 6. The van der Waals surface area contributed by atoms with Gasteiger partial charge in [-0.2, -0.15) is 0 Å². The predicted octanol–water partition coefficient (Wildman–Crippen LogP) is 2.63. The van der Waals surface area contributed by atoms with E-state index in [4.69, 9.17) is 9.84 Å². The third-order valence-electron chi connectivity index (χ3n) is 3.00. The van der Waals surface area contributed by atoms with Crippen LogP contribution in [-0.2, 0) is 17.9 Å². The van der Waals surface area contributed by atoms with E-state index >= 15 is 0 Å². The number of hydrogen-bond acceptors (Lipinski definition) is 4. The molecule has 1 amide bonds. The normalized spacial score (nSPS) is 12.0. The van der Waals surface area contributed by atoms with Crippen LogP contribution in [-0.4, -0.2) is 17.1 Å². The second kappa shape index (κ2) is 7.24. The van der Waals surface area contributed by atoms with E-state index in [9.17, 15) is 4.79 Å². The molecule has 1 aromatic carbocycles. The van der Waals surface area contributed by atoms with Crippen LogP contribution in [0.3, 0.4) is 0 Å². The van der Waals surface area contributed by atoms with Gasteiger partial charge in [-0.05, 0) is 43.7 Å². The van der Waals surface area contributed by atoms with E-state index in [1.54, 1.807) is 42.5 Å². The molecular weight excluding hydrogens is 286 g/mol. The molecule has 0 bridgehead atoms. The largest absolute Gasteiger partial charge is 0.481 e. The Morgan fingerprint density at radius 1 is 1.38 bits per heavy atom. The smallest absolute Gasteiger partial charge is 0.261 e. The summed E-state index contributed by atoms with van der Waals surface area (Å²) in [5, 5.41) is 11.9. The summed E-state index contributed by atoms with van der Waals surface area (Å²) in [4.78, 5) is 14.3. The molecule has 112 valence electrons. The first-order valence-electron chi connectivity index (χ1n) is 6.78. The van der Waals surface area contributed by atoms with Crippen LogP contribution in [0.2, 0.25) is 0 Å². The lowest BCUT2D eigenvalue weighted by Crippen LogP contribution is -2.35. The first kappa shape index (κ1) is 15.5. The molecule has 0 fully saturated rings. The number of thiophene rings is 1. The molecule has 4 nitrogen and oxygen atoms in total. The number of ether oxygens (including phenoxy) is 1. The fourth-order valence-corrected chi connectivity index (χ4v) is 2.70. The minimum absolute atomic E-state index is 0.0461. The Labute approximate surface area is 128 Å². The lowest BCUT2D eigenvalue weighted by Gasteiger charge is -2.15. The van der Waals surface area contributed by atoms with Gasteiger partial charge >= 0.3 is 0 Å². The van der Waals surface area contributed by atoms with Gasteiger partial charge in [0.05, 0.1) is 13.2 Å². The van der Waals surface area contributed by atoms with Gasteiger partial charge in [-0.15, -0.1) is 11.3 Å². The molecule has 0 radical (unpaired) electrons. The van der Waals surface area contributed by atoms with Gasteiger partial charge in [0.1, 0.15) is 5.75 Å². The summed E-state index contributed by atoms with van der Waals surface area (Å²) in [7, 11) is 0. The summed E-state index contributed by atoms with van der Waals surface area (Å²) in [6.45, 7) is 4.22. The fraction of sp³-hybridized carbons (Fsp3) is 0.312. The molecular formula is C16H19NO3S. The van der Waals surface area contributed by atoms with Gasteiger partial charge in [-0.1, -0.05) is 12.1 Å². The third kappa shape index (κ3) is 4.58. The quantitative estimate of drug-likeness (QED) is 0.862. The zero-order chi connectivity index (χ0) is 15.2. The van der Waals surface area contributed by atoms with Crippen molar-refractivity contribution in [2.75, 3.05) is 0 Å². The van der Waals surface area contributed by atoms with E-state index in [2.05, 4.69) is 5.32 Å². The minimum atomic E-state index is -0.583. The highest BCUT2D eigenvalue weighted by Crippen LogP contribution is 2.16. The molecule has 2 aromatic rings. The highest BCUT2D eigenvalue weighted by atomic mass is 32.1. The number of carbonyl (C=O) groups excluding carboxylic acids is 1. The average molecular weight is 305 g/mol. The van der Waals surface area contributed by atoms with Crippen LogP contribution < -0.4 is 10.1 Å². The lowest BCUT2D eigenvalue weighted by molar-refractivity contribution is -0.127. The number of amides is 1. The Bertz CT molecular complexity index is 609. The minimum Gasteiger partial charge on any atom is -0.481 e. The lowest BCUT2D eigenvalue weighted by atomic mass is 10.2. The Kier molecular flexibility index (Phi) is 5.36. The predicted molar refractivity (Wildman–Crippen MR) is 83.4 cm³/mol. The van der Waals surface area contributed by atoms with Crippen LogP contribution in [0.5, 0.6) is 5.75 Å². The summed E-state index contributed by atoms with van der Waals surface area (Å²) in [6.07, 6.45) is -0.583. The number of nitrogens with one attached hydrogen (secondary N) is 1. The van der Waals surface area contributed by atoms with Crippen molar-refractivity contribution in [2.24, 2.45) is 0 Å². The molecule has 0 aliphatic heterocycles. The van der Waals surface area contributed by atoms with Crippen LogP contribution in [0.4, 0.5) is 0 Å². The van der Waals surface area contributed by atoms with Crippen LogP contribution >= 0.6 is 11.3 Å². The highest BCUT2D eigenvalue weighted by Gasteiger charge is 2.14. The van der Waals surface area contributed by atoms with Gasteiger partial charge in [-0.25, -0.2) is 0 Å². The van der Waals surface area contributed by atoms with E-state index < -0.39 is 6.10 Å². The molecule has 0 aliphatic carbocycles. The van der Waals surface area contributed by atoms with Crippen molar-refractivity contribution in [3.05, 3.63) is 51.7 Å². The van der Waals surface area contributed by atoms with E-state index in [1.165, 1.54) is 4.88 Å². The van der Waals surface area contributed by atoms with Crippen molar-refractivity contribution in [1.82, 2.24) is 5.32 Å². The number of hydrogen-bond donors (Lipinski definition) is 2. The van der Waals surface area contributed by atoms with Gasteiger partial charge in [0.15, 0.2) is 6.10 Å². The summed E-state index contributed by atoms with van der Waals surface area (Å²) in [5.74, 6) is 0.423. The van der Waals surface area contributed by atoms with Crippen molar-refractivity contribution in [1.29, 1.82) is 0 Å². The molecule has 21 heavy (non-hydrogen) atoms. The van der Waals surface area contributed by atoms with E-state index in [0.29, 0.717) is 12.3 Å². The Hall–Kier alpha value is -1.85. The molecule has 2 rings (SSSR count). The maximum atomic E-state index is 12.0. The van der Waals surface area contributed by atoms with Gasteiger partial charge in [0, 0.05) is 9.75 Å². The standard InChI is InChI=1S/C16H19NO3S/c1-11-6-7-15(21-11)9-17-16(19)12(2)20-14-5-3-4-13(8-14)10-18/h3-8,12,18H,9-10H2,1-2H3,(H,17,19). The molecule has 5 heteroatoms. The van der Waals surface area contributed by atoms with Crippen LogP contribution in [0.25, 0.3) is 0 Å².